The van der Waals surface area contributed by atoms with Crippen molar-refractivity contribution in [1.29, 1.82) is 0 Å². The van der Waals surface area contributed by atoms with Gasteiger partial charge in [-0.15, -0.1) is 0 Å². The van der Waals surface area contributed by atoms with Crippen LogP contribution in [0.25, 0.3) is 10.8 Å². The number of hydrogen-bond donors (Lipinski definition) is 0. The van der Waals surface area contributed by atoms with Crippen molar-refractivity contribution < 1.29 is 0 Å². The summed E-state index contributed by atoms with van der Waals surface area (Å²) >= 11 is 0. The van der Waals surface area contributed by atoms with E-state index in [1.807, 2.05) is 0 Å². The van der Waals surface area contributed by atoms with Gasteiger partial charge in [0.1, 0.15) is 0 Å². The predicted molar refractivity (Wildman–Crippen MR) is 59.3 cm³/mol. The molecule has 0 radical (unpaired) electrons. The molecule has 0 bridgehead atoms. The standard InChI is InChI=1S/C13H13N/c1-14-9-13(14)12-8-4-6-10-5-2-3-7-11(10)12/h2-8,13H,9H2,1H3. The molecule has 1 aliphatic heterocycles. The van der Waals surface area contributed by atoms with E-state index in [0.29, 0.717) is 6.04 Å². The Bertz CT molecular complexity index is 470. The van der Waals surface area contributed by atoms with Crippen LogP contribution in [0.4, 0.5) is 0 Å². The third-order valence-corrected chi connectivity index (χ3v) is 3.04. The maximum absolute atomic E-state index is 2.36. The van der Waals surface area contributed by atoms with Crippen LogP contribution < -0.4 is 0 Å². The number of hydrogen-bond acceptors (Lipinski definition) is 1. The summed E-state index contributed by atoms with van der Waals surface area (Å²) in [7, 11) is 2.17. The largest absolute Gasteiger partial charge is 0.296 e. The first-order valence-electron chi connectivity index (χ1n) is 5.04. The van der Waals surface area contributed by atoms with Gasteiger partial charge in [-0.05, 0) is 23.4 Å². The Kier molecular flexibility index (Phi) is 1.62. The average Bonchev–Trinajstić information content (AvgIpc) is 2.95. The molecule has 2 aromatic rings. The molecule has 0 amide bonds. The maximum atomic E-state index is 2.36. The fourth-order valence-corrected chi connectivity index (χ4v) is 2.10. The molecule has 2 aromatic carbocycles. The lowest BCUT2D eigenvalue weighted by Gasteiger charge is -2.04. The summed E-state index contributed by atoms with van der Waals surface area (Å²) < 4.78 is 0. The lowest BCUT2D eigenvalue weighted by molar-refractivity contribution is 0.633. The smallest absolute Gasteiger partial charge is 0.0479 e. The van der Waals surface area contributed by atoms with Crippen LogP contribution in [0.1, 0.15) is 11.6 Å². The molecule has 0 aromatic heterocycles. The maximum Gasteiger partial charge on any atom is 0.0479 e. The highest BCUT2D eigenvalue weighted by Crippen LogP contribution is 2.36. The number of likely N-dealkylation sites (N-methyl/N-ethyl adjacent to an activating group) is 1. The van der Waals surface area contributed by atoms with Crippen LogP contribution in [-0.4, -0.2) is 18.5 Å². The second-order valence-corrected chi connectivity index (χ2v) is 4.02. The first-order valence-corrected chi connectivity index (χ1v) is 5.04. The molecule has 1 fully saturated rings. The summed E-state index contributed by atoms with van der Waals surface area (Å²) in [6.07, 6.45) is 0. The fraction of sp³-hybridized carbons (Fsp3) is 0.231. The topological polar surface area (TPSA) is 3.01 Å². The quantitative estimate of drug-likeness (QED) is 0.614. The highest BCUT2D eigenvalue weighted by Gasteiger charge is 2.31. The second-order valence-electron chi connectivity index (χ2n) is 4.02. The van der Waals surface area contributed by atoms with Gasteiger partial charge in [-0.1, -0.05) is 42.5 Å². The summed E-state index contributed by atoms with van der Waals surface area (Å²) in [5, 5.41) is 2.76. The third-order valence-electron chi connectivity index (χ3n) is 3.04. The Morgan fingerprint density at radius 2 is 1.79 bits per heavy atom. The molecule has 0 saturated carbocycles. The van der Waals surface area contributed by atoms with E-state index in [1.165, 1.54) is 22.9 Å². The number of fused-ring (bicyclic) bond motifs is 1. The normalized spacial score (nSPS) is 25.2. The first kappa shape index (κ1) is 8.01. The van der Waals surface area contributed by atoms with Crippen molar-refractivity contribution in [2.24, 2.45) is 0 Å². The lowest BCUT2D eigenvalue weighted by Crippen LogP contribution is -1.89. The predicted octanol–water partition coefficient (Wildman–Crippen LogP) is 2.83. The zero-order valence-corrected chi connectivity index (χ0v) is 8.27. The Morgan fingerprint density at radius 3 is 2.57 bits per heavy atom. The van der Waals surface area contributed by atoms with Gasteiger partial charge < -0.3 is 0 Å². The molecular formula is C13H13N. The molecular weight excluding hydrogens is 170 g/mol. The van der Waals surface area contributed by atoms with Crippen LogP contribution in [0.15, 0.2) is 42.5 Å². The van der Waals surface area contributed by atoms with Crippen molar-refractivity contribution in [1.82, 2.24) is 4.90 Å². The molecule has 0 aliphatic carbocycles. The van der Waals surface area contributed by atoms with Crippen LogP contribution >= 0.6 is 0 Å². The summed E-state index contributed by atoms with van der Waals surface area (Å²) in [5.41, 5.74) is 1.48. The highest BCUT2D eigenvalue weighted by atomic mass is 15.3. The molecule has 0 N–H and O–H groups in total. The van der Waals surface area contributed by atoms with Gasteiger partial charge in [0.05, 0.1) is 0 Å². The van der Waals surface area contributed by atoms with Crippen molar-refractivity contribution in [2.75, 3.05) is 13.6 Å². The minimum atomic E-state index is 0.654. The Morgan fingerprint density at radius 1 is 1.07 bits per heavy atom. The van der Waals surface area contributed by atoms with Gasteiger partial charge in [0, 0.05) is 12.6 Å². The van der Waals surface area contributed by atoms with Crippen molar-refractivity contribution >= 4 is 10.8 Å². The van der Waals surface area contributed by atoms with Gasteiger partial charge >= 0.3 is 0 Å². The summed E-state index contributed by atoms with van der Waals surface area (Å²) in [6.45, 7) is 1.20. The summed E-state index contributed by atoms with van der Waals surface area (Å²) in [4.78, 5) is 2.36. The Labute approximate surface area is 84.0 Å². The van der Waals surface area contributed by atoms with Crippen LogP contribution in [0.5, 0.6) is 0 Å². The molecule has 3 rings (SSSR count). The lowest BCUT2D eigenvalue weighted by atomic mass is 10.0. The monoisotopic (exact) mass is 183 g/mol. The van der Waals surface area contributed by atoms with Gasteiger partial charge in [0.25, 0.3) is 0 Å². The van der Waals surface area contributed by atoms with Gasteiger partial charge in [-0.2, -0.15) is 0 Å². The molecule has 14 heavy (non-hydrogen) atoms. The van der Waals surface area contributed by atoms with Crippen molar-refractivity contribution in [2.45, 2.75) is 6.04 Å². The second kappa shape index (κ2) is 2.82. The molecule has 2 unspecified atom stereocenters. The number of benzene rings is 2. The summed E-state index contributed by atoms with van der Waals surface area (Å²) in [6, 6.07) is 15.9. The molecule has 1 saturated heterocycles. The van der Waals surface area contributed by atoms with Gasteiger partial charge in [-0.25, -0.2) is 0 Å². The van der Waals surface area contributed by atoms with Crippen molar-refractivity contribution in [3.8, 4) is 0 Å². The van der Waals surface area contributed by atoms with E-state index < -0.39 is 0 Å². The fourth-order valence-electron chi connectivity index (χ4n) is 2.10. The highest BCUT2D eigenvalue weighted by molar-refractivity contribution is 5.86. The van der Waals surface area contributed by atoms with E-state index in [1.54, 1.807) is 0 Å². The molecule has 1 nitrogen and oxygen atoms in total. The first-order chi connectivity index (χ1) is 6.86. The Hall–Kier alpha value is -1.34. The van der Waals surface area contributed by atoms with Crippen LogP contribution in [0, 0.1) is 0 Å². The van der Waals surface area contributed by atoms with E-state index in [9.17, 15) is 0 Å². The van der Waals surface area contributed by atoms with E-state index in [0.717, 1.165) is 0 Å². The van der Waals surface area contributed by atoms with E-state index in [4.69, 9.17) is 0 Å². The third kappa shape index (κ3) is 1.13. The average molecular weight is 183 g/mol. The van der Waals surface area contributed by atoms with Crippen LogP contribution in [-0.2, 0) is 0 Å². The van der Waals surface area contributed by atoms with Crippen LogP contribution in [0.3, 0.4) is 0 Å². The zero-order valence-electron chi connectivity index (χ0n) is 8.27. The minimum Gasteiger partial charge on any atom is -0.296 e. The van der Waals surface area contributed by atoms with Crippen molar-refractivity contribution in [3.63, 3.8) is 0 Å². The number of nitrogens with zero attached hydrogens (tertiary/aromatic N) is 1. The van der Waals surface area contributed by atoms with E-state index in [-0.39, 0.29) is 0 Å². The molecule has 1 heterocycles. The molecule has 1 aliphatic rings. The van der Waals surface area contributed by atoms with E-state index in [2.05, 4.69) is 54.4 Å². The van der Waals surface area contributed by atoms with Gasteiger partial charge in [0.15, 0.2) is 0 Å². The number of rotatable bonds is 1. The van der Waals surface area contributed by atoms with Crippen molar-refractivity contribution in [3.05, 3.63) is 48.0 Å². The minimum absolute atomic E-state index is 0.654. The molecule has 70 valence electrons. The van der Waals surface area contributed by atoms with Gasteiger partial charge in [0.2, 0.25) is 0 Å². The molecule has 0 spiro atoms. The zero-order chi connectivity index (χ0) is 9.54. The molecule has 2 atom stereocenters. The molecule has 1 heteroatoms. The van der Waals surface area contributed by atoms with E-state index >= 15 is 0 Å². The SMILES string of the molecule is CN1CC1c1cccc2ccccc12. The summed E-state index contributed by atoms with van der Waals surface area (Å²) in [5.74, 6) is 0. The van der Waals surface area contributed by atoms with Crippen LogP contribution in [0.2, 0.25) is 0 Å². The van der Waals surface area contributed by atoms with Gasteiger partial charge in [-0.3, -0.25) is 4.90 Å². The Balaban J connectivity index is 2.23.